The molecule has 21 heavy (non-hydrogen) atoms. The molecule has 0 unspecified atom stereocenters. The standard InChI is InChI=1S/C14H15N3O4/c1-3-15-11(18)8-17-13(19)10-7-5-4-6-9(10)12(16-17)14(20)21-2/h4-7H,3,8H2,1-2H3,(H,15,18). The summed E-state index contributed by atoms with van der Waals surface area (Å²) in [6, 6.07) is 6.58. The molecule has 0 atom stereocenters. The highest BCUT2D eigenvalue weighted by Gasteiger charge is 2.17. The molecule has 7 nitrogen and oxygen atoms in total. The van der Waals surface area contributed by atoms with Crippen molar-refractivity contribution in [2.75, 3.05) is 13.7 Å². The summed E-state index contributed by atoms with van der Waals surface area (Å²) in [6.45, 7) is 1.97. The van der Waals surface area contributed by atoms with Gasteiger partial charge in [0.1, 0.15) is 6.54 Å². The number of rotatable bonds is 4. The molecule has 0 saturated carbocycles. The summed E-state index contributed by atoms with van der Waals surface area (Å²) in [5.74, 6) is -1.01. The second-order valence-corrected chi connectivity index (χ2v) is 4.30. The molecular weight excluding hydrogens is 274 g/mol. The van der Waals surface area contributed by atoms with E-state index in [9.17, 15) is 14.4 Å². The van der Waals surface area contributed by atoms with E-state index in [2.05, 4.69) is 15.2 Å². The number of methoxy groups -OCH3 is 1. The van der Waals surface area contributed by atoms with Gasteiger partial charge in [-0.25, -0.2) is 9.48 Å². The normalized spacial score (nSPS) is 10.4. The zero-order valence-corrected chi connectivity index (χ0v) is 11.8. The lowest BCUT2D eigenvalue weighted by molar-refractivity contribution is -0.121. The predicted molar refractivity (Wildman–Crippen MR) is 76.0 cm³/mol. The van der Waals surface area contributed by atoms with E-state index in [1.54, 1.807) is 31.2 Å². The Kier molecular flexibility index (Phi) is 4.32. The third kappa shape index (κ3) is 2.91. The zero-order valence-electron chi connectivity index (χ0n) is 11.8. The van der Waals surface area contributed by atoms with Gasteiger partial charge in [0.05, 0.1) is 12.5 Å². The number of benzene rings is 1. The smallest absolute Gasteiger partial charge is 0.359 e. The number of fused-ring (bicyclic) bond motifs is 1. The number of carbonyl (C=O) groups excluding carboxylic acids is 2. The van der Waals surface area contributed by atoms with E-state index >= 15 is 0 Å². The summed E-state index contributed by atoms with van der Waals surface area (Å²) in [4.78, 5) is 35.7. The van der Waals surface area contributed by atoms with E-state index in [0.717, 1.165) is 4.68 Å². The summed E-state index contributed by atoms with van der Waals surface area (Å²) >= 11 is 0. The van der Waals surface area contributed by atoms with Gasteiger partial charge in [0.2, 0.25) is 5.91 Å². The Labute approximate surface area is 120 Å². The zero-order chi connectivity index (χ0) is 15.4. The number of esters is 1. The predicted octanol–water partition coefficient (Wildman–Crippen LogP) is 0.319. The molecule has 0 fully saturated rings. The number of ether oxygens (including phenoxy) is 1. The van der Waals surface area contributed by atoms with E-state index in [0.29, 0.717) is 17.3 Å². The number of nitrogens with one attached hydrogen (secondary N) is 1. The molecule has 1 amide bonds. The molecule has 1 aromatic carbocycles. The Bertz CT molecular complexity index is 751. The van der Waals surface area contributed by atoms with Crippen molar-refractivity contribution in [3.8, 4) is 0 Å². The Morgan fingerprint density at radius 2 is 1.95 bits per heavy atom. The van der Waals surface area contributed by atoms with Crippen LogP contribution in [0.5, 0.6) is 0 Å². The first-order valence-corrected chi connectivity index (χ1v) is 6.43. The van der Waals surface area contributed by atoms with Crippen molar-refractivity contribution in [1.82, 2.24) is 15.1 Å². The van der Waals surface area contributed by atoms with E-state index in [1.807, 2.05) is 0 Å². The van der Waals surface area contributed by atoms with Gasteiger partial charge in [-0.3, -0.25) is 9.59 Å². The van der Waals surface area contributed by atoms with Crippen molar-refractivity contribution in [3.63, 3.8) is 0 Å². The Morgan fingerprint density at radius 1 is 1.29 bits per heavy atom. The van der Waals surface area contributed by atoms with Gasteiger partial charge in [-0.1, -0.05) is 18.2 Å². The maximum Gasteiger partial charge on any atom is 0.359 e. The monoisotopic (exact) mass is 289 g/mol. The molecule has 0 spiro atoms. The van der Waals surface area contributed by atoms with Crippen molar-refractivity contribution in [3.05, 3.63) is 40.3 Å². The van der Waals surface area contributed by atoms with Gasteiger partial charge < -0.3 is 10.1 Å². The minimum Gasteiger partial charge on any atom is -0.464 e. The fourth-order valence-electron chi connectivity index (χ4n) is 1.98. The number of carbonyl (C=O) groups is 2. The topological polar surface area (TPSA) is 90.3 Å². The lowest BCUT2D eigenvalue weighted by Gasteiger charge is -2.09. The average Bonchev–Trinajstić information content (AvgIpc) is 2.49. The molecule has 2 aromatic rings. The van der Waals surface area contributed by atoms with Crippen molar-refractivity contribution < 1.29 is 14.3 Å². The Morgan fingerprint density at radius 3 is 2.57 bits per heavy atom. The average molecular weight is 289 g/mol. The second-order valence-electron chi connectivity index (χ2n) is 4.30. The van der Waals surface area contributed by atoms with Crippen LogP contribution in [0.4, 0.5) is 0 Å². The summed E-state index contributed by atoms with van der Waals surface area (Å²) < 4.78 is 5.65. The number of aromatic nitrogens is 2. The van der Waals surface area contributed by atoms with Crippen LogP contribution in [0.1, 0.15) is 17.4 Å². The fraction of sp³-hybridized carbons (Fsp3) is 0.286. The molecule has 0 aliphatic heterocycles. The minimum atomic E-state index is -0.657. The molecule has 1 aromatic heterocycles. The van der Waals surface area contributed by atoms with E-state index < -0.39 is 11.5 Å². The number of hydrogen-bond acceptors (Lipinski definition) is 5. The van der Waals surface area contributed by atoms with Crippen LogP contribution in [-0.4, -0.2) is 35.3 Å². The molecule has 1 N–H and O–H groups in total. The maximum atomic E-state index is 12.3. The molecule has 110 valence electrons. The van der Waals surface area contributed by atoms with Crippen molar-refractivity contribution in [1.29, 1.82) is 0 Å². The van der Waals surface area contributed by atoms with E-state index in [-0.39, 0.29) is 18.1 Å². The Hall–Kier alpha value is -2.70. The highest BCUT2D eigenvalue weighted by atomic mass is 16.5. The van der Waals surface area contributed by atoms with Crippen LogP contribution >= 0.6 is 0 Å². The largest absolute Gasteiger partial charge is 0.464 e. The molecular formula is C14H15N3O4. The maximum absolute atomic E-state index is 12.3. The second kappa shape index (κ2) is 6.17. The molecule has 0 bridgehead atoms. The van der Waals surface area contributed by atoms with Gasteiger partial charge in [-0.2, -0.15) is 5.10 Å². The van der Waals surface area contributed by atoms with Crippen LogP contribution in [0.25, 0.3) is 10.8 Å². The van der Waals surface area contributed by atoms with Crippen molar-refractivity contribution >= 4 is 22.6 Å². The van der Waals surface area contributed by atoms with Crippen LogP contribution in [0, 0.1) is 0 Å². The van der Waals surface area contributed by atoms with Gasteiger partial charge in [0, 0.05) is 11.9 Å². The summed E-state index contributed by atoms with van der Waals surface area (Å²) in [5, 5.41) is 7.26. The quantitative estimate of drug-likeness (QED) is 0.819. The lowest BCUT2D eigenvalue weighted by Crippen LogP contribution is -2.34. The van der Waals surface area contributed by atoms with Crippen LogP contribution in [-0.2, 0) is 16.1 Å². The fourth-order valence-corrected chi connectivity index (χ4v) is 1.98. The molecule has 0 saturated heterocycles. The highest BCUT2D eigenvalue weighted by Crippen LogP contribution is 2.13. The summed E-state index contributed by atoms with van der Waals surface area (Å²) in [5.41, 5.74) is -0.415. The third-order valence-electron chi connectivity index (χ3n) is 2.91. The molecule has 2 rings (SSSR count). The minimum absolute atomic E-state index is 0.0111. The third-order valence-corrected chi connectivity index (χ3v) is 2.91. The Balaban J connectivity index is 2.61. The van der Waals surface area contributed by atoms with Crippen LogP contribution < -0.4 is 10.9 Å². The van der Waals surface area contributed by atoms with Gasteiger partial charge in [0.25, 0.3) is 5.56 Å². The van der Waals surface area contributed by atoms with Gasteiger partial charge in [-0.05, 0) is 13.0 Å². The van der Waals surface area contributed by atoms with Crippen molar-refractivity contribution in [2.24, 2.45) is 0 Å². The SMILES string of the molecule is CCNC(=O)Cn1nc(C(=O)OC)c2ccccc2c1=O. The number of nitrogens with zero attached hydrogens (tertiary/aromatic N) is 2. The van der Waals surface area contributed by atoms with Crippen molar-refractivity contribution in [2.45, 2.75) is 13.5 Å². The van der Waals surface area contributed by atoms with E-state index in [1.165, 1.54) is 7.11 Å². The number of amides is 1. The molecule has 0 aliphatic carbocycles. The first-order chi connectivity index (χ1) is 10.1. The van der Waals surface area contributed by atoms with Crippen LogP contribution in [0.3, 0.4) is 0 Å². The molecule has 1 heterocycles. The van der Waals surface area contributed by atoms with Crippen LogP contribution in [0.15, 0.2) is 29.1 Å². The molecule has 0 aliphatic rings. The first-order valence-electron chi connectivity index (χ1n) is 6.43. The van der Waals surface area contributed by atoms with Crippen LogP contribution in [0.2, 0.25) is 0 Å². The van der Waals surface area contributed by atoms with Gasteiger partial charge in [-0.15, -0.1) is 0 Å². The molecule has 0 radical (unpaired) electrons. The number of likely N-dealkylation sites (N-methyl/N-ethyl adjacent to an activating group) is 1. The molecule has 7 heteroatoms. The van der Waals surface area contributed by atoms with E-state index in [4.69, 9.17) is 0 Å². The van der Waals surface area contributed by atoms with Gasteiger partial charge >= 0.3 is 5.97 Å². The lowest BCUT2D eigenvalue weighted by atomic mass is 10.1. The van der Waals surface area contributed by atoms with Gasteiger partial charge in [0.15, 0.2) is 5.69 Å². The summed E-state index contributed by atoms with van der Waals surface area (Å²) in [6.07, 6.45) is 0. The number of hydrogen-bond donors (Lipinski definition) is 1. The summed E-state index contributed by atoms with van der Waals surface area (Å²) in [7, 11) is 1.23. The highest BCUT2D eigenvalue weighted by molar-refractivity contribution is 6.02. The first kappa shape index (κ1) is 14.7.